The van der Waals surface area contributed by atoms with Gasteiger partial charge in [-0.25, -0.2) is 9.97 Å². The highest BCUT2D eigenvalue weighted by molar-refractivity contribution is 5.69. The van der Waals surface area contributed by atoms with Crippen molar-refractivity contribution in [1.29, 1.82) is 0 Å². The van der Waals surface area contributed by atoms with E-state index in [1.54, 1.807) is 12.3 Å². The summed E-state index contributed by atoms with van der Waals surface area (Å²) in [6.07, 6.45) is -0.563. The smallest absolute Gasteiger partial charge is 0.368 e. The summed E-state index contributed by atoms with van der Waals surface area (Å²) in [6, 6.07) is 3.24. The van der Waals surface area contributed by atoms with Crippen LogP contribution in [0.25, 0.3) is 11.2 Å². The van der Waals surface area contributed by atoms with E-state index in [1.165, 1.54) is 19.3 Å². The molecule has 1 saturated heterocycles. The fourth-order valence-corrected chi connectivity index (χ4v) is 4.04. The van der Waals surface area contributed by atoms with Crippen molar-refractivity contribution in [3.63, 3.8) is 0 Å². The summed E-state index contributed by atoms with van der Waals surface area (Å²) >= 11 is 0. The molecule has 1 fully saturated rings. The Balaban J connectivity index is 1.37. The summed E-state index contributed by atoms with van der Waals surface area (Å²) in [6.45, 7) is 5.59. The van der Waals surface area contributed by atoms with E-state index in [0.717, 1.165) is 37.4 Å². The summed E-state index contributed by atoms with van der Waals surface area (Å²) < 4.78 is 39.2. The second kappa shape index (κ2) is 9.44. The molecule has 0 aliphatic carbocycles. The number of nitrogens with one attached hydrogen (secondary N) is 2. The van der Waals surface area contributed by atoms with Gasteiger partial charge in [0.2, 0.25) is 0 Å². The van der Waals surface area contributed by atoms with Gasteiger partial charge >= 0.3 is 6.18 Å². The predicted molar refractivity (Wildman–Crippen MR) is 119 cm³/mol. The second-order valence-electron chi connectivity index (χ2n) is 8.05. The van der Waals surface area contributed by atoms with E-state index < -0.39 is 12.2 Å². The lowest BCUT2D eigenvalue weighted by molar-refractivity contribution is -0.157. The molecule has 4 heterocycles. The molecule has 1 aliphatic heterocycles. The van der Waals surface area contributed by atoms with Crippen LogP contribution in [0.5, 0.6) is 0 Å². The van der Waals surface area contributed by atoms with Gasteiger partial charge in [0.1, 0.15) is 11.7 Å². The number of nitrogens with zero attached hydrogens (tertiary/aromatic N) is 5. The molecule has 8 nitrogen and oxygen atoms in total. The Kier molecular flexibility index (Phi) is 6.61. The van der Waals surface area contributed by atoms with E-state index >= 15 is 0 Å². The highest BCUT2D eigenvalue weighted by Gasteiger charge is 2.40. The molecule has 11 heteroatoms. The van der Waals surface area contributed by atoms with Crippen molar-refractivity contribution < 1.29 is 13.2 Å². The third kappa shape index (κ3) is 5.14. The van der Waals surface area contributed by atoms with E-state index in [0.29, 0.717) is 29.8 Å². The van der Waals surface area contributed by atoms with Crippen LogP contribution < -0.4 is 15.8 Å². The van der Waals surface area contributed by atoms with Crippen LogP contribution in [-0.2, 0) is 13.0 Å². The first-order valence-electron chi connectivity index (χ1n) is 10.8. The summed E-state index contributed by atoms with van der Waals surface area (Å²) in [5, 5.41) is 2.27. The molecule has 3 aromatic rings. The Morgan fingerprint density at radius 3 is 2.52 bits per heavy atom. The number of hydrogen-bond donors (Lipinski definition) is 2. The van der Waals surface area contributed by atoms with Gasteiger partial charge in [-0.1, -0.05) is 6.92 Å². The highest BCUT2D eigenvalue weighted by atomic mass is 19.4. The van der Waals surface area contributed by atoms with Crippen LogP contribution in [0.4, 0.5) is 18.9 Å². The van der Waals surface area contributed by atoms with Crippen molar-refractivity contribution in [2.45, 2.75) is 32.1 Å². The van der Waals surface area contributed by atoms with Crippen LogP contribution >= 0.6 is 0 Å². The van der Waals surface area contributed by atoms with Crippen molar-refractivity contribution in [3.05, 3.63) is 57.9 Å². The normalized spacial score (nSPS) is 16.3. The topological polar surface area (TPSA) is 90.0 Å². The molecule has 4 rings (SSSR count). The first-order chi connectivity index (χ1) is 15.8. The Morgan fingerprint density at radius 2 is 1.91 bits per heavy atom. The number of aromatic nitrogens is 4. The number of aryl methyl sites for hydroxylation is 1. The van der Waals surface area contributed by atoms with Gasteiger partial charge in [0.25, 0.3) is 5.56 Å². The van der Waals surface area contributed by atoms with Crippen molar-refractivity contribution in [1.82, 2.24) is 30.2 Å². The SMILES string of the molecule is CCc1nc2ncc(CN3CCN(c4ccc(C(NC)C(F)(F)F)nc4)CC3)cc2[nH]c1=O. The molecule has 0 amide bonds. The highest BCUT2D eigenvalue weighted by Crippen LogP contribution is 2.31. The zero-order valence-corrected chi connectivity index (χ0v) is 18.5. The molecule has 0 aromatic carbocycles. The number of piperazine rings is 1. The lowest BCUT2D eigenvalue weighted by atomic mass is 10.1. The standard InChI is InChI=1S/C22H26F3N7O/c1-3-16-21(33)30-18-10-14(11-28-20(18)29-16)13-31-6-8-32(9-7-31)15-4-5-17(27-12-15)19(26-2)22(23,24)25/h4-5,10-12,19,26H,3,6-9,13H2,1-2H3,(H,30,33). The number of pyridine rings is 2. The van der Waals surface area contributed by atoms with Gasteiger partial charge in [-0.3, -0.25) is 14.7 Å². The molecule has 0 radical (unpaired) electrons. The maximum atomic E-state index is 13.1. The first kappa shape index (κ1) is 23.1. The predicted octanol–water partition coefficient (Wildman–Crippen LogP) is 2.42. The second-order valence-corrected chi connectivity index (χ2v) is 8.05. The Bertz CT molecular complexity index is 1160. The Labute approximate surface area is 188 Å². The van der Waals surface area contributed by atoms with E-state index in [1.807, 2.05) is 13.0 Å². The van der Waals surface area contributed by atoms with Gasteiger partial charge in [0.05, 0.1) is 23.1 Å². The monoisotopic (exact) mass is 461 g/mol. The Morgan fingerprint density at radius 1 is 1.15 bits per heavy atom. The fourth-order valence-electron chi connectivity index (χ4n) is 4.04. The van der Waals surface area contributed by atoms with E-state index in [-0.39, 0.29) is 11.3 Å². The molecule has 2 N–H and O–H groups in total. The minimum Gasteiger partial charge on any atom is -0.368 e. The van der Waals surface area contributed by atoms with Gasteiger partial charge in [-0.05, 0) is 37.2 Å². The fraction of sp³-hybridized carbons (Fsp3) is 0.455. The number of fused-ring (bicyclic) bond motifs is 1. The molecule has 176 valence electrons. The summed E-state index contributed by atoms with van der Waals surface area (Å²) in [4.78, 5) is 32.0. The molecule has 3 aromatic heterocycles. The molecule has 1 atom stereocenters. The van der Waals surface area contributed by atoms with Crippen LogP contribution in [0.15, 0.2) is 35.4 Å². The largest absolute Gasteiger partial charge is 0.409 e. The summed E-state index contributed by atoms with van der Waals surface area (Å²) in [5.74, 6) is 0. The van der Waals surface area contributed by atoms with Gasteiger partial charge in [-0.15, -0.1) is 0 Å². The molecular weight excluding hydrogens is 435 g/mol. The number of aromatic amines is 1. The van der Waals surface area contributed by atoms with Crippen LogP contribution in [-0.4, -0.2) is 64.2 Å². The minimum atomic E-state index is -4.39. The lowest BCUT2D eigenvalue weighted by Gasteiger charge is -2.36. The first-order valence-corrected chi connectivity index (χ1v) is 10.8. The quantitative estimate of drug-likeness (QED) is 0.583. The van der Waals surface area contributed by atoms with Crippen molar-refractivity contribution in [3.8, 4) is 0 Å². The lowest BCUT2D eigenvalue weighted by Crippen LogP contribution is -2.46. The average Bonchev–Trinajstić information content (AvgIpc) is 2.79. The molecule has 0 spiro atoms. The third-order valence-corrected chi connectivity index (χ3v) is 5.84. The van der Waals surface area contributed by atoms with Crippen LogP contribution in [0, 0.1) is 0 Å². The van der Waals surface area contributed by atoms with Crippen molar-refractivity contribution in [2.24, 2.45) is 0 Å². The minimum absolute atomic E-state index is 0.0465. The van der Waals surface area contributed by atoms with Gasteiger partial charge in [0, 0.05) is 38.9 Å². The summed E-state index contributed by atoms with van der Waals surface area (Å²) in [7, 11) is 1.27. The zero-order valence-electron chi connectivity index (χ0n) is 18.5. The number of alkyl halides is 3. The van der Waals surface area contributed by atoms with Gasteiger partial charge < -0.3 is 15.2 Å². The maximum absolute atomic E-state index is 13.1. The summed E-state index contributed by atoms with van der Waals surface area (Å²) in [5.41, 5.74) is 3.18. The Hall–Kier alpha value is -3.05. The van der Waals surface area contributed by atoms with Crippen LogP contribution in [0.3, 0.4) is 0 Å². The molecule has 1 unspecified atom stereocenters. The molecule has 0 saturated carbocycles. The van der Waals surface area contributed by atoms with E-state index in [9.17, 15) is 18.0 Å². The van der Waals surface area contributed by atoms with Gasteiger partial charge in [0.15, 0.2) is 5.65 Å². The number of hydrogen-bond acceptors (Lipinski definition) is 7. The number of anilines is 1. The number of H-pyrrole nitrogens is 1. The zero-order chi connectivity index (χ0) is 23.6. The molecule has 1 aliphatic rings. The average molecular weight is 461 g/mol. The van der Waals surface area contributed by atoms with Gasteiger partial charge in [-0.2, -0.15) is 13.2 Å². The van der Waals surface area contributed by atoms with Crippen LogP contribution in [0.1, 0.15) is 29.9 Å². The van der Waals surface area contributed by atoms with Crippen LogP contribution in [0.2, 0.25) is 0 Å². The molecule has 0 bridgehead atoms. The molecule has 33 heavy (non-hydrogen) atoms. The van der Waals surface area contributed by atoms with Crippen molar-refractivity contribution >= 4 is 16.9 Å². The van der Waals surface area contributed by atoms with E-state index in [4.69, 9.17) is 0 Å². The maximum Gasteiger partial charge on any atom is 0.409 e. The number of rotatable bonds is 6. The molecular formula is C22H26F3N7O. The number of halogens is 3. The van der Waals surface area contributed by atoms with Crippen molar-refractivity contribution in [2.75, 3.05) is 38.1 Å². The van der Waals surface area contributed by atoms with E-state index in [2.05, 4.69) is 35.1 Å². The third-order valence-electron chi connectivity index (χ3n) is 5.84.